The lowest BCUT2D eigenvalue weighted by Crippen LogP contribution is -1.92. The number of anilines is 1. The van der Waals surface area contributed by atoms with Gasteiger partial charge in [-0.05, 0) is 18.6 Å². The average molecular weight is 299 g/mol. The smallest absolute Gasteiger partial charge is 0.272 e. The molecular weight excluding hydrogens is 289 g/mol. The molecule has 2 aromatic rings. The number of hydrogen-bond donors (Lipinski definition) is 1. The van der Waals surface area contributed by atoms with Crippen molar-refractivity contribution < 1.29 is 9.31 Å². The highest BCUT2D eigenvalue weighted by Gasteiger charge is 2.11. The number of non-ortho nitro benzene ring substituents is 1. The van der Waals surface area contributed by atoms with Crippen LogP contribution in [-0.4, -0.2) is 9.91 Å². The molecule has 0 aliphatic rings. The van der Waals surface area contributed by atoms with Crippen molar-refractivity contribution in [3.63, 3.8) is 0 Å². The molecule has 0 aliphatic carbocycles. The van der Waals surface area contributed by atoms with Crippen molar-refractivity contribution in [2.75, 3.05) is 5.73 Å². The van der Waals surface area contributed by atoms with Gasteiger partial charge in [-0.1, -0.05) is 11.3 Å². The van der Waals surface area contributed by atoms with Gasteiger partial charge in [-0.3, -0.25) is 10.1 Å². The van der Waals surface area contributed by atoms with E-state index in [4.69, 9.17) is 5.73 Å². The Hall–Kier alpha value is -1.67. The Morgan fingerprint density at radius 3 is 2.84 bits per heavy atom. The first-order valence-corrected chi connectivity index (χ1v) is 7.05. The van der Waals surface area contributed by atoms with Crippen molar-refractivity contribution in [1.82, 2.24) is 4.98 Å². The van der Waals surface area contributed by atoms with Gasteiger partial charge in [0.05, 0.1) is 20.9 Å². The number of nitro groups is 1. The van der Waals surface area contributed by atoms with Crippen LogP contribution in [0.3, 0.4) is 0 Å². The lowest BCUT2D eigenvalue weighted by molar-refractivity contribution is -0.385. The van der Waals surface area contributed by atoms with E-state index in [0.29, 0.717) is 16.4 Å². The summed E-state index contributed by atoms with van der Waals surface area (Å²) in [5.74, 6) is -0.175. The first-order chi connectivity index (χ1) is 8.95. The van der Waals surface area contributed by atoms with Gasteiger partial charge in [0.1, 0.15) is 5.82 Å². The van der Waals surface area contributed by atoms with Crippen molar-refractivity contribution in [3.8, 4) is 0 Å². The summed E-state index contributed by atoms with van der Waals surface area (Å²) in [6.45, 7) is 1.84. The number of halogens is 1. The number of thiazole rings is 1. The monoisotopic (exact) mass is 299 g/mol. The van der Waals surface area contributed by atoms with Crippen LogP contribution in [0.5, 0.6) is 0 Å². The van der Waals surface area contributed by atoms with E-state index in [1.165, 1.54) is 35.2 Å². The van der Waals surface area contributed by atoms with Gasteiger partial charge in [0.2, 0.25) is 0 Å². The third-order valence-electron chi connectivity index (χ3n) is 2.29. The molecule has 2 N–H and O–H groups in total. The molecular formula is C11H10FN3O2S2. The Labute approximate surface area is 116 Å². The minimum Gasteiger partial charge on any atom is -0.375 e. The molecule has 0 saturated heterocycles. The molecule has 1 heterocycles. The fourth-order valence-electron chi connectivity index (χ4n) is 1.51. The fraction of sp³-hybridized carbons (Fsp3) is 0.182. The minimum absolute atomic E-state index is 0.240. The second kappa shape index (κ2) is 5.54. The van der Waals surface area contributed by atoms with Crippen LogP contribution >= 0.6 is 23.1 Å². The number of thioether (sulfide) groups is 1. The standard InChI is InChI=1S/C11H10FN3O2S2/c1-6-10(19-11(13)14-6)18-5-7-2-8(12)4-9(3-7)15(16)17/h2-4H,5H2,1H3,(H2,13,14). The van der Waals surface area contributed by atoms with Crippen molar-refractivity contribution in [2.45, 2.75) is 16.9 Å². The molecule has 0 radical (unpaired) electrons. The summed E-state index contributed by atoms with van der Waals surface area (Å²) in [6, 6.07) is 3.57. The van der Waals surface area contributed by atoms with Crippen molar-refractivity contribution in [2.24, 2.45) is 0 Å². The normalized spacial score (nSPS) is 10.6. The highest BCUT2D eigenvalue weighted by molar-refractivity contribution is 8.00. The van der Waals surface area contributed by atoms with E-state index in [-0.39, 0.29) is 5.69 Å². The van der Waals surface area contributed by atoms with Crippen molar-refractivity contribution in [1.29, 1.82) is 0 Å². The van der Waals surface area contributed by atoms with Gasteiger partial charge in [-0.15, -0.1) is 11.8 Å². The van der Waals surface area contributed by atoms with E-state index in [2.05, 4.69) is 4.98 Å². The lowest BCUT2D eigenvalue weighted by atomic mass is 10.2. The van der Waals surface area contributed by atoms with Gasteiger partial charge in [-0.2, -0.15) is 0 Å². The second-order valence-corrected chi connectivity index (χ2v) is 6.06. The Morgan fingerprint density at radius 1 is 1.53 bits per heavy atom. The van der Waals surface area contributed by atoms with E-state index >= 15 is 0 Å². The Balaban J connectivity index is 2.15. The quantitative estimate of drug-likeness (QED) is 0.531. The van der Waals surface area contributed by atoms with Gasteiger partial charge < -0.3 is 5.73 Å². The molecule has 0 atom stereocenters. The maximum atomic E-state index is 13.3. The molecule has 5 nitrogen and oxygen atoms in total. The molecule has 100 valence electrons. The summed E-state index contributed by atoms with van der Waals surface area (Å²) in [4.78, 5) is 14.1. The molecule has 19 heavy (non-hydrogen) atoms. The van der Waals surface area contributed by atoms with Gasteiger partial charge in [0.15, 0.2) is 5.13 Å². The number of nitrogen functional groups attached to an aromatic ring is 1. The molecule has 0 saturated carbocycles. The van der Waals surface area contributed by atoms with Crippen LogP contribution in [0.15, 0.2) is 22.4 Å². The summed E-state index contributed by atoms with van der Waals surface area (Å²) in [5.41, 5.74) is 6.72. The largest absolute Gasteiger partial charge is 0.375 e. The van der Waals surface area contributed by atoms with Gasteiger partial charge in [0.25, 0.3) is 5.69 Å². The van der Waals surface area contributed by atoms with Crippen LogP contribution in [0.25, 0.3) is 0 Å². The number of aromatic nitrogens is 1. The molecule has 0 aliphatic heterocycles. The zero-order valence-electron chi connectivity index (χ0n) is 9.92. The highest BCUT2D eigenvalue weighted by atomic mass is 32.2. The summed E-state index contributed by atoms with van der Waals surface area (Å²) >= 11 is 2.79. The van der Waals surface area contributed by atoms with Crippen LogP contribution in [0.4, 0.5) is 15.2 Å². The average Bonchev–Trinajstić information content (AvgIpc) is 2.64. The minimum atomic E-state index is -0.606. The van der Waals surface area contributed by atoms with Crippen molar-refractivity contribution >= 4 is 33.9 Å². The number of rotatable bonds is 4. The summed E-state index contributed by atoms with van der Waals surface area (Å²) in [5, 5.41) is 11.1. The van der Waals surface area contributed by atoms with E-state index in [1.54, 1.807) is 0 Å². The number of nitrogens with zero attached hydrogens (tertiary/aromatic N) is 2. The highest BCUT2D eigenvalue weighted by Crippen LogP contribution is 2.33. The van der Waals surface area contributed by atoms with Crippen LogP contribution in [-0.2, 0) is 5.75 Å². The Kier molecular flexibility index (Phi) is 4.01. The Morgan fingerprint density at radius 2 is 2.26 bits per heavy atom. The lowest BCUT2D eigenvalue weighted by Gasteiger charge is -2.01. The molecule has 8 heteroatoms. The van der Waals surface area contributed by atoms with Gasteiger partial charge >= 0.3 is 0 Å². The third-order valence-corrected chi connectivity index (χ3v) is 4.71. The van der Waals surface area contributed by atoms with Crippen molar-refractivity contribution in [3.05, 3.63) is 45.4 Å². The third kappa shape index (κ3) is 3.42. The predicted octanol–water partition coefficient (Wildman–Crippen LogP) is 3.37. The number of aryl methyl sites for hydroxylation is 1. The van der Waals surface area contributed by atoms with Crippen LogP contribution < -0.4 is 5.73 Å². The van der Waals surface area contributed by atoms with Crippen LogP contribution in [0.2, 0.25) is 0 Å². The van der Waals surface area contributed by atoms with E-state index in [9.17, 15) is 14.5 Å². The van der Waals surface area contributed by atoms with Gasteiger partial charge in [-0.25, -0.2) is 9.37 Å². The zero-order valence-corrected chi connectivity index (χ0v) is 11.6. The fourth-order valence-corrected chi connectivity index (χ4v) is 3.46. The summed E-state index contributed by atoms with van der Waals surface area (Å²) in [7, 11) is 0. The number of nitro benzene ring substituents is 1. The molecule has 0 bridgehead atoms. The van der Waals surface area contributed by atoms with Crippen LogP contribution in [0.1, 0.15) is 11.3 Å². The maximum absolute atomic E-state index is 13.3. The first-order valence-electron chi connectivity index (χ1n) is 5.25. The number of nitrogens with two attached hydrogens (primary N) is 1. The van der Waals surface area contributed by atoms with E-state index < -0.39 is 10.7 Å². The SMILES string of the molecule is Cc1nc(N)sc1SCc1cc(F)cc([N+](=O)[O-])c1. The summed E-state index contributed by atoms with van der Waals surface area (Å²) in [6.07, 6.45) is 0. The number of benzene rings is 1. The molecule has 1 aromatic heterocycles. The van der Waals surface area contributed by atoms with Crippen LogP contribution in [0, 0.1) is 22.9 Å². The predicted molar refractivity (Wildman–Crippen MR) is 73.9 cm³/mol. The van der Waals surface area contributed by atoms with Gasteiger partial charge in [0, 0.05) is 11.8 Å². The molecule has 0 unspecified atom stereocenters. The number of hydrogen-bond acceptors (Lipinski definition) is 6. The molecule has 1 aromatic carbocycles. The Bertz CT molecular complexity index is 630. The zero-order chi connectivity index (χ0) is 14.0. The second-order valence-electron chi connectivity index (χ2n) is 3.79. The molecule has 0 spiro atoms. The molecule has 2 rings (SSSR count). The molecule has 0 fully saturated rings. The molecule has 0 amide bonds. The first kappa shape index (κ1) is 13.8. The van der Waals surface area contributed by atoms with E-state index in [1.807, 2.05) is 6.92 Å². The maximum Gasteiger partial charge on any atom is 0.272 e. The summed E-state index contributed by atoms with van der Waals surface area (Å²) < 4.78 is 14.2. The topological polar surface area (TPSA) is 82.0 Å². The van der Waals surface area contributed by atoms with E-state index in [0.717, 1.165) is 16.0 Å².